The van der Waals surface area contributed by atoms with Crippen molar-refractivity contribution < 1.29 is 0 Å². The van der Waals surface area contributed by atoms with E-state index in [-0.39, 0.29) is 10.4 Å². The van der Waals surface area contributed by atoms with Crippen molar-refractivity contribution in [1.29, 1.82) is 0 Å². The number of nitrogens with zero attached hydrogens (tertiary/aromatic N) is 1. The van der Waals surface area contributed by atoms with E-state index in [1.807, 2.05) is 6.20 Å². The Labute approximate surface area is 127 Å². The summed E-state index contributed by atoms with van der Waals surface area (Å²) in [5, 5.41) is 7.90. The standard InChI is InChI=1S/C14H12BrN3OS/c15-10-3-1-2-8-9-4-11(7-5-16-17-6-7)20-13(9)14(19)18-12(8)10/h4-6,10H,1-3H2,(H,16,17)(H,18,19). The number of fused-ring (bicyclic) bond motifs is 3. The van der Waals surface area contributed by atoms with Gasteiger partial charge in [0.1, 0.15) is 4.70 Å². The summed E-state index contributed by atoms with van der Waals surface area (Å²) in [6.07, 6.45) is 6.91. The van der Waals surface area contributed by atoms with Gasteiger partial charge in [-0.2, -0.15) is 5.10 Å². The van der Waals surface area contributed by atoms with Gasteiger partial charge in [-0.15, -0.1) is 11.3 Å². The zero-order chi connectivity index (χ0) is 13.7. The van der Waals surface area contributed by atoms with Gasteiger partial charge in [0.05, 0.1) is 11.0 Å². The second-order valence-electron chi connectivity index (χ2n) is 5.05. The van der Waals surface area contributed by atoms with Gasteiger partial charge in [-0.25, -0.2) is 0 Å². The number of aryl methyl sites for hydroxylation is 1. The minimum atomic E-state index is 0.0184. The second kappa shape index (κ2) is 4.56. The van der Waals surface area contributed by atoms with Crippen LogP contribution in [-0.4, -0.2) is 15.2 Å². The molecule has 3 aromatic rings. The number of aromatic nitrogens is 3. The van der Waals surface area contributed by atoms with Gasteiger partial charge in [0.15, 0.2) is 0 Å². The Morgan fingerprint density at radius 3 is 3.15 bits per heavy atom. The molecule has 0 radical (unpaired) electrons. The highest BCUT2D eigenvalue weighted by atomic mass is 79.9. The fourth-order valence-electron chi connectivity index (χ4n) is 2.85. The molecular formula is C14H12BrN3OS. The van der Waals surface area contributed by atoms with E-state index >= 15 is 0 Å². The molecule has 3 heterocycles. The van der Waals surface area contributed by atoms with Crippen LogP contribution in [-0.2, 0) is 6.42 Å². The molecule has 2 N–H and O–H groups in total. The Morgan fingerprint density at radius 2 is 2.35 bits per heavy atom. The van der Waals surface area contributed by atoms with E-state index in [1.165, 1.54) is 16.9 Å². The van der Waals surface area contributed by atoms with E-state index in [0.717, 1.165) is 45.5 Å². The fraction of sp³-hybridized carbons (Fsp3) is 0.286. The van der Waals surface area contributed by atoms with Crippen molar-refractivity contribution in [2.45, 2.75) is 24.1 Å². The van der Waals surface area contributed by atoms with E-state index in [9.17, 15) is 4.79 Å². The van der Waals surface area contributed by atoms with Crippen LogP contribution < -0.4 is 5.56 Å². The van der Waals surface area contributed by atoms with E-state index in [1.54, 1.807) is 6.20 Å². The van der Waals surface area contributed by atoms with Crippen LogP contribution in [0.3, 0.4) is 0 Å². The third kappa shape index (κ3) is 1.78. The fourth-order valence-corrected chi connectivity index (χ4v) is 4.63. The number of rotatable bonds is 1. The maximum absolute atomic E-state index is 12.3. The Hall–Kier alpha value is -1.40. The topological polar surface area (TPSA) is 61.5 Å². The quantitative estimate of drug-likeness (QED) is 0.657. The second-order valence-corrected chi connectivity index (χ2v) is 7.20. The zero-order valence-electron chi connectivity index (χ0n) is 10.6. The molecule has 20 heavy (non-hydrogen) atoms. The molecule has 1 aliphatic rings. The lowest BCUT2D eigenvalue weighted by Gasteiger charge is -2.20. The third-order valence-corrected chi connectivity index (χ3v) is 5.92. The highest BCUT2D eigenvalue weighted by Gasteiger charge is 2.23. The van der Waals surface area contributed by atoms with Crippen molar-refractivity contribution in [1.82, 2.24) is 15.2 Å². The zero-order valence-corrected chi connectivity index (χ0v) is 13.0. The summed E-state index contributed by atoms with van der Waals surface area (Å²) in [6, 6.07) is 2.13. The molecule has 1 aliphatic carbocycles. The van der Waals surface area contributed by atoms with Crippen LogP contribution in [0.1, 0.15) is 28.9 Å². The van der Waals surface area contributed by atoms with Crippen molar-refractivity contribution in [2.24, 2.45) is 0 Å². The number of nitrogens with one attached hydrogen (secondary N) is 2. The monoisotopic (exact) mass is 349 g/mol. The van der Waals surface area contributed by atoms with Crippen molar-refractivity contribution in [3.05, 3.63) is 40.1 Å². The molecule has 6 heteroatoms. The van der Waals surface area contributed by atoms with Crippen molar-refractivity contribution in [2.75, 3.05) is 0 Å². The van der Waals surface area contributed by atoms with Crippen LogP contribution >= 0.6 is 27.3 Å². The van der Waals surface area contributed by atoms with Gasteiger partial charge in [-0.1, -0.05) is 15.9 Å². The van der Waals surface area contributed by atoms with Crippen molar-refractivity contribution >= 4 is 37.4 Å². The molecule has 1 atom stereocenters. The maximum atomic E-state index is 12.3. The first-order valence-corrected chi connectivity index (χ1v) is 8.29. The molecule has 0 spiro atoms. The number of halogens is 1. The summed E-state index contributed by atoms with van der Waals surface area (Å²) < 4.78 is 0.821. The molecular weight excluding hydrogens is 338 g/mol. The first kappa shape index (κ1) is 12.3. The Morgan fingerprint density at radius 1 is 1.45 bits per heavy atom. The molecule has 0 aromatic carbocycles. The molecule has 102 valence electrons. The van der Waals surface area contributed by atoms with E-state index < -0.39 is 0 Å². The van der Waals surface area contributed by atoms with Crippen LogP contribution in [0.4, 0.5) is 0 Å². The molecule has 0 aliphatic heterocycles. The molecule has 0 fully saturated rings. The van der Waals surface area contributed by atoms with Crippen molar-refractivity contribution in [3.63, 3.8) is 0 Å². The van der Waals surface area contributed by atoms with Gasteiger partial charge in [0.25, 0.3) is 5.56 Å². The average Bonchev–Trinajstić information content (AvgIpc) is 3.08. The summed E-state index contributed by atoms with van der Waals surface area (Å²) in [7, 11) is 0. The lowest BCUT2D eigenvalue weighted by molar-refractivity contribution is 0.666. The highest BCUT2D eigenvalue weighted by Crippen LogP contribution is 2.40. The van der Waals surface area contributed by atoms with E-state index in [0.29, 0.717) is 0 Å². The Balaban J connectivity index is 2.02. The summed E-state index contributed by atoms with van der Waals surface area (Å²) in [5.74, 6) is 0. The molecule has 0 saturated carbocycles. The molecule has 1 unspecified atom stereocenters. The van der Waals surface area contributed by atoms with Gasteiger partial charge >= 0.3 is 0 Å². The normalized spacial score (nSPS) is 18.4. The lowest BCUT2D eigenvalue weighted by Crippen LogP contribution is -2.16. The number of aromatic amines is 2. The smallest absolute Gasteiger partial charge is 0.266 e. The van der Waals surface area contributed by atoms with Crippen LogP contribution in [0, 0.1) is 0 Å². The lowest BCUT2D eigenvalue weighted by atomic mass is 9.93. The van der Waals surface area contributed by atoms with Crippen LogP contribution in [0.15, 0.2) is 23.3 Å². The largest absolute Gasteiger partial charge is 0.324 e. The molecule has 0 saturated heterocycles. The first-order chi connectivity index (χ1) is 9.74. The molecule has 0 amide bonds. The highest BCUT2D eigenvalue weighted by molar-refractivity contribution is 9.09. The molecule has 3 aromatic heterocycles. The summed E-state index contributed by atoms with van der Waals surface area (Å²) in [4.78, 5) is 16.7. The number of thiophene rings is 1. The molecule has 4 nitrogen and oxygen atoms in total. The molecule has 4 rings (SSSR count). The number of hydrogen-bond acceptors (Lipinski definition) is 3. The summed E-state index contributed by atoms with van der Waals surface area (Å²) in [6.45, 7) is 0. The minimum absolute atomic E-state index is 0.0184. The summed E-state index contributed by atoms with van der Waals surface area (Å²) >= 11 is 5.21. The van der Waals surface area contributed by atoms with Crippen molar-refractivity contribution in [3.8, 4) is 10.4 Å². The number of alkyl halides is 1. The minimum Gasteiger partial charge on any atom is -0.324 e. The third-order valence-electron chi connectivity index (χ3n) is 3.82. The van der Waals surface area contributed by atoms with Gasteiger partial charge in [-0.05, 0) is 30.9 Å². The summed E-state index contributed by atoms with van der Waals surface area (Å²) in [5.41, 5.74) is 3.40. The number of pyridine rings is 1. The van der Waals surface area contributed by atoms with E-state index in [2.05, 4.69) is 37.2 Å². The predicted octanol–water partition coefficient (Wildman–Crippen LogP) is 3.75. The van der Waals surface area contributed by atoms with Crippen LogP contribution in [0.2, 0.25) is 0 Å². The average molecular weight is 350 g/mol. The Kier molecular flexibility index (Phi) is 2.82. The van der Waals surface area contributed by atoms with Gasteiger partial charge < -0.3 is 4.98 Å². The predicted molar refractivity (Wildman–Crippen MR) is 84.6 cm³/mol. The van der Waals surface area contributed by atoms with Gasteiger partial charge in [-0.3, -0.25) is 9.89 Å². The van der Waals surface area contributed by atoms with Crippen LogP contribution in [0.25, 0.3) is 20.5 Å². The van der Waals surface area contributed by atoms with Gasteiger partial charge in [0, 0.05) is 27.7 Å². The number of hydrogen-bond donors (Lipinski definition) is 2. The van der Waals surface area contributed by atoms with E-state index in [4.69, 9.17) is 0 Å². The molecule has 0 bridgehead atoms. The number of H-pyrrole nitrogens is 2. The Bertz CT molecular complexity index is 834. The maximum Gasteiger partial charge on any atom is 0.266 e. The SMILES string of the molecule is O=c1[nH]c2c(c3cc(-c4cn[nH]c4)sc13)CCCC2Br. The van der Waals surface area contributed by atoms with Crippen LogP contribution in [0.5, 0.6) is 0 Å². The first-order valence-electron chi connectivity index (χ1n) is 6.56. The van der Waals surface area contributed by atoms with Gasteiger partial charge in [0.2, 0.25) is 0 Å².